The average molecular weight is 262 g/mol. The van der Waals surface area contributed by atoms with Gasteiger partial charge in [-0.3, -0.25) is 0 Å². The van der Waals surface area contributed by atoms with Crippen LogP contribution in [-0.2, 0) is 10.9 Å². The van der Waals surface area contributed by atoms with Crippen LogP contribution in [0.5, 0.6) is 0 Å². The number of hydrogen-bond acceptors (Lipinski definition) is 3. The van der Waals surface area contributed by atoms with Gasteiger partial charge in [0.15, 0.2) is 0 Å². The van der Waals surface area contributed by atoms with Crippen LogP contribution < -0.4 is 5.32 Å². The van der Waals surface area contributed by atoms with Gasteiger partial charge < -0.3 is 10.1 Å². The summed E-state index contributed by atoms with van der Waals surface area (Å²) < 4.78 is 42.1. The van der Waals surface area contributed by atoms with Crippen molar-refractivity contribution in [1.29, 1.82) is 0 Å². The van der Waals surface area contributed by atoms with Gasteiger partial charge in [-0.2, -0.15) is 13.2 Å². The summed E-state index contributed by atoms with van der Waals surface area (Å²) in [4.78, 5) is 3.71. The van der Waals surface area contributed by atoms with Crippen LogP contribution in [0.2, 0.25) is 0 Å². The molecule has 0 saturated heterocycles. The van der Waals surface area contributed by atoms with Crippen LogP contribution in [0, 0.1) is 0 Å². The van der Waals surface area contributed by atoms with Crippen LogP contribution in [0.4, 0.5) is 19.0 Å². The smallest absolute Gasteiger partial charge is 0.379 e. The minimum absolute atomic E-state index is 0.189. The maximum atomic E-state index is 12.3. The summed E-state index contributed by atoms with van der Waals surface area (Å²) in [6.07, 6.45) is -2.54. The first kappa shape index (κ1) is 14.8. The molecule has 1 rings (SSSR count). The number of nitrogens with one attached hydrogen (secondary N) is 1. The molecule has 0 radical (unpaired) electrons. The summed E-state index contributed by atoms with van der Waals surface area (Å²) in [6.45, 7) is 5.13. The molecule has 0 aliphatic carbocycles. The SMILES string of the molecule is CC(C)OCCCNc1ccc(C(F)(F)F)cn1. The highest BCUT2D eigenvalue weighted by Gasteiger charge is 2.30. The van der Waals surface area contributed by atoms with E-state index in [4.69, 9.17) is 4.74 Å². The van der Waals surface area contributed by atoms with Crippen molar-refractivity contribution in [3.63, 3.8) is 0 Å². The van der Waals surface area contributed by atoms with Crippen molar-refractivity contribution >= 4 is 5.82 Å². The zero-order chi connectivity index (χ0) is 13.6. The third-order valence-corrected chi connectivity index (χ3v) is 2.17. The van der Waals surface area contributed by atoms with Crippen molar-refractivity contribution in [2.24, 2.45) is 0 Å². The zero-order valence-corrected chi connectivity index (χ0v) is 10.4. The topological polar surface area (TPSA) is 34.1 Å². The highest BCUT2D eigenvalue weighted by Crippen LogP contribution is 2.28. The Hall–Kier alpha value is -1.30. The summed E-state index contributed by atoms with van der Waals surface area (Å²) >= 11 is 0. The molecule has 0 amide bonds. The normalized spacial score (nSPS) is 11.9. The molecule has 1 N–H and O–H groups in total. The Morgan fingerprint density at radius 2 is 2.06 bits per heavy atom. The fraction of sp³-hybridized carbons (Fsp3) is 0.583. The first-order chi connectivity index (χ1) is 8.39. The van der Waals surface area contributed by atoms with Crippen molar-refractivity contribution in [2.45, 2.75) is 32.5 Å². The molecule has 3 nitrogen and oxygen atoms in total. The monoisotopic (exact) mass is 262 g/mol. The second-order valence-corrected chi connectivity index (χ2v) is 4.13. The molecule has 0 aliphatic heterocycles. The highest BCUT2D eigenvalue weighted by atomic mass is 19.4. The maximum Gasteiger partial charge on any atom is 0.417 e. The number of ether oxygens (including phenoxy) is 1. The van der Waals surface area contributed by atoms with Gasteiger partial charge in [-0.1, -0.05) is 0 Å². The Morgan fingerprint density at radius 3 is 2.56 bits per heavy atom. The van der Waals surface area contributed by atoms with Crippen LogP contribution in [0.15, 0.2) is 18.3 Å². The van der Waals surface area contributed by atoms with E-state index >= 15 is 0 Å². The molecule has 18 heavy (non-hydrogen) atoms. The van der Waals surface area contributed by atoms with E-state index in [1.54, 1.807) is 0 Å². The fourth-order valence-electron chi connectivity index (χ4n) is 1.27. The first-order valence-electron chi connectivity index (χ1n) is 5.78. The van der Waals surface area contributed by atoms with E-state index in [0.717, 1.165) is 18.7 Å². The van der Waals surface area contributed by atoms with Crippen LogP contribution in [-0.4, -0.2) is 24.2 Å². The van der Waals surface area contributed by atoms with E-state index in [9.17, 15) is 13.2 Å². The predicted molar refractivity (Wildman–Crippen MR) is 63.4 cm³/mol. The van der Waals surface area contributed by atoms with Crippen molar-refractivity contribution < 1.29 is 17.9 Å². The minimum Gasteiger partial charge on any atom is -0.379 e. The molecular weight excluding hydrogens is 245 g/mol. The van der Waals surface area contributed by atoms with Gasteiger partial charge in [0.1, 0.15) is 5.82 Å². The van der Waals surface area contributed by atoms with E-state index < -0.39 is 11.7 Å². The number of aromatic nitrogens is 1. The Bertz CT molecular complexity index is 349. The lowest BCUT2D eigenvalue weighted by molar-refractivity contribution is -0.137. The lowest BCUT2D eigenvalue weighted by Crippen LogP contribution is -2.10. The summed E-state index contributed by atoms with van der Waals surface area (Å²) in [7, 11) is 0. The Labute approximate surface area is 104 Å². The van der Waals surface area contributed by atoms with Crippen LogP contribution in [0.3, 0.4) is 0 Å². The van der Waals surface area contributed by atoms with E-state index in [1.807, 2.05) is 13.8 Å². The van der Waals surface area contributed by atoms with Crippen molar-refractivity contribution in [1.82, 2.24) is 4.98 Å². The lowest BCUT2D eigenvalue weighted by atomic mass is 10.3. The second kappa shape index (κ2) is 6.58. The second-order valence-electron chi connectivity index (χ2n) is 4.13. The molecule has 1 aromatic rings. The minimum atomic E-state index is -4.34. The standard InChI is InChI=1S/C12H17F3N2O/c1-9(2)18-7-3-6-16-11-5-4-10(8-17-11)12(13,14)15/h4-5,8-9H,3,6-7H2,1-2H3,(H,16,17). The number of halogens is 3. The van der Waals surface area contributed by atoms with Gasteiger partial charge in [0, 0.05) is 19.3 Å². The molecule has 6 heteroatoms. The molecule has 1 aromatic heterocycles. The number of alkyl halides is 3. The molecule has 0 spiro atoms. The molecule has 0 unspecified atom stereocenters. The van der Waals surface area contributed by atoms with Crippen LogP contribution in [0.1, 0.15) is 25.8 Å². The van der Waals surface area contributed by atoms with E-state index in [2.05, 4.69) is 10.3 Å². The molecule has 102 valence electrons. The Kier molecular flexibility index (Phi) is 5.40. The summed E-state index contributed by atoms with van der Waals surface area (Å²) in [6, 6.07) is 2.34. The third-order valence-electron chi connectivity index (χ3n) is 2.17. The van der Waals surface area contributed by atoms with Gasteiger partial charge in [0.05, 0.1) is 11.7 Å². The van der Waals surface area contributed by atoms with Crippen molar-refractivity contribution in [2.75, 3.05) is 18.5 Å². The number of nitrogens with zero attached hydrogens (tertiary/aromatic N) is 1. The maximum absolute atomic E-state index is 12.3. The molecular formula is C12H17F3N2O. The van der Waals surface area contributed by atoms with Crippen LogP contribution in [0.25, 0.3) is 0 Å². The molecule has 0 fully saturated rings. The number of anilines is 1. The van der Waals surface area contributed by atoms with Gasteiger partial charge in [0.25, 0.3) is 0 Å². The zero-order valence-electron chi connectivity index (χ0n) is 10.4. The van der Waals surface area contributed by atoms with E-state index in [-0.39, 0.29) is 6.10 Å². The number of hydrogen-bond donors (Lipinski definition) is 1. The molecule has 0 atom stereocenters. The highest BCUT2D eigenvalue weighted by molar-refractivity contribution is 5.35. The largest absolute Gasteiger partial charge is 0.417 e. The molecule has 0 aromatic carbocycles. The fourth-order valence-corrected chi connectivity index (χ4v) is 1.27. The number of rotatable bonds is 6. The average Bonchev–Trinajstić information content (AvgIpc) is 2.27. The van der Waals surface area contributed by atoms with Gasteiger partial charge in [-0.05, 0) is 32.4 Å². The van der Waals surface area contributed by atoms with Crippen LogP contribution >= 0.6 is 0 Å². The van der Waals surface area contributed by atoms with Gasteiger partial charge in [-0.25, -0.2) is 4.98 Å². The summed E-state index contributed by atoms with van der Waals surface area (Å²) in [5.41, 5.74) is -0.740. The first-order valence-corrected chi connectivity index (χ1v) is 5.78. The lowest BCUT2D eigenvalue weighted by Gasteiger charge is -2.09. The molecule has 0 aliphatic rings. The molecule has 0 saturated carbocycles. The van der Waals surface area contributed by atoms with Gasteiger partial charge >= 0.3 is 6.18 Å². The Balaban J connectivity index is 2.31. The van der Waals surface area contributed by atoms with Crippen molar-refractivity contribution in [3.05, 3.63) is 23.9 Å². The molecule has 1 heterocycles. The molecule has 0 bridgehead atoms. The van der Waals surface area contributed by atoms with Crippen molar-refractivity contribution in [3.8, 4) is 0 Å². The summed E-state index contributed by atoms with van der Waals surface area (Å²) in [5.74, 6) is 0.438. The number of pyridine rings is 1. The van der Waals surface area contributed by atoms with E-state index in [0.29, 0.717) is 19.0 Å². The third kappa shape index (κ3) is 5.35. The summed E-state index contributed by atoms with van der Waals surface area (Å²) in [5, 5.41) is 2.94. The quantitative estimate of drug-likeness (QED) is 0.798. The van der Waals surface area contributed by atoms with Gasteiger partial charge in [0.2, 0.25) is 0 Å². The Morgan fingerprint density at radius 1 is 1.33 bits per heavy atom. The predicted octanol–water partition coefficient (Wildman–Crippen LogP) is 3.33. The van der Waals surface area contributed by atoms with E-state index in [1.165, 1.54) is 6.07 Å². The van der Waals surface area contributed by atoms with Gasteiger partial charge in [-0.15, -0.1) is 0 Å².